The van der Waals surface area contributed by atoms with Gasteiger partial charge in [-0.3, -0.25) is 14.6 Å². The molecule has 6 nitrogen and oxygen atoms in total. The minimum absolute atomic E-state index is 0.274. The van der Waals surface area contributed by atoms with E-state index in [0.717, 1.165) is 75.2 Å². The summed E-state index contributed by atoms with van der Waals surface area (Å²) in [5.41, 5.74) is 3.88. The molecule has 2 aliphatic heterocycles. The molecule has 2 fully saturated rings. The molecule has 31 heavy (non-hydrogen) atoms. The molecule has 0 unspecified atom stereocenters. The number of piperidine rings is 1. The van der Waals surface area contributed by atoms with Crippen molar-refractivity contribution in [2.24, 2.45) is 0 Å². The lowest BCUT2D eigenvalue weighted by Gasteiger charge is -2.36. The van der Waals surface area contributed by atoms with Crippen LogP contribution in [0.25, 0.3) is 11.0 Å². The van der Waals surface area contributed by atoms with Crippen molar-refractivity contribution in [1.29, 1.82) is 0 Å². The molecule has 0 atom stereocenters. The number of nitrogens with zero attached hydrogens (tertiary/aromatic N) is 3. The lowest BCUT2D eigenvalue weighted by atomic mass is 9.95. The van der Waals surface area contributed by atoms with Gasteiger partial charge in [-0.1, -0.05) is 13.8 Å². The third-order valence-electron chi connectivity index (χ3n) is 6.77. The maximum absolute atomic E-state index is 12.6. The normalized spacial score (nSPS) is 18.8. The highest BCUT2D eigenvalue weighted by atomic mass is 16.4. The SMILES string of the molecule is Cc1cc2oc(=O)cc(CN3CCN(CC(=O)N4CCCCC4)CC3)c2cc1C(C)C. The van der Waals surface area contributed by atoms with Crippen LogP contribution in [0.1, 0.15) is 55.7 Å². The number of likely N-dealkylation sites (tertiary alicyclic amines) is 1. The van der Waals surface area contributed by atoms with Crippen molar-refractivity contribution < 1.29 is 9.21 Å². The van der Waals surface area contributed by atoms with Gasteiger partial charge in [-0.2, -0.15) is 0 Å². The number of aryl methyl sites for hydroxylation is 1. The average molecular weight is 426 g/mol. The number of carbonyl (C=O) groups is 1. The molecule has 0 N–H and O–H groups in total. The Bertz CT molecular complexity index is 983. The number of fused-ring (bicyclic) bond motifs is 1. The number of rotatable bonds is 5. The van der Waals surface area contributed by atoms with Crippen molar-refractivity contribution >= 4 is 16.9 Å². The first-order chi connectivity index (χ1) is 14.9. The number of benzene rings is 1. The zero-order valence-electron chi connectivity index (χ0n) is 19.2. The summed E-state index contributed by atoms with van der Waals surface area (Å²) in [5, 5.41) is 1.04. The van der Waals surface area contributed by atoms with Crippen LogP contribution in [0.4, 0.5) is 0 Å². The van der Waals surface area contributed by atoms with Gasteiger partial charge in [0.25, 0.3) is 0 Å². The average Bonchev–Trinajstić information content (AvgIpc) is 2.75. The summed E-state index contributed by atoms with van der Waals surface area (Å²) in [5.74, 6) is 0.696. The summed E-state index contributed by atoms with van der Waals surface area (Å²) >= 11 is 0. The van der Waals surface area contributed by atoms with Crippen LogP contribution in [0.2, 0.25) is 0 Å². The molecule has 1 amide bonds. The molecule has 2 aliphatic rings. The summed E-state index contributed by atoms with van der Waals surface area (Å²) in [6.07, 6.45) is 3.51. The van der Waals surface area contributed by atoms with E-state index in [4.69, 9.17) is 4.42 Å². The first-order valence-corrected chi connectivity index (χ1v) is 11.7. The second-order valence-corrected chi connectivity index (χ2v) is 9.44. The van der Waals surface area contributed by atoms with Crippen LogP contribution in [0.5, 0.6) is 0 Å². The van der Waals surface area contributed by atoms with Crippen molar-refractivity contribution in [3.63, 3.8) is 0 Å². The van der Waals surface area contributed by atoms with E-state index in [1.807, 2.05) is 11.0 Å². The molecule has 0 spiro atoms. The minimum Gasteiger partial charge on any atom is -0.423 e. The fourth-order valence-electron chi connectivity index (χ4n) is 4.93. The maximum Gasteiger partial charge on any atom is 0.336 e. The van der Waals surface area contributed by atoms with Gasteiger partial charge in [0.15, 0.2) is 0 Å². The Hall–Kier alpha value is -2.18. The third-order valence-corrected chi connectivity index (χ3v) is 6.77. The lowest BCUT2D eigenvalue weighted by Crippen LogP contribution is -2.50. The number of piperazine rings is 1. The molecule has 0 bridgehead atoms. The first kappa shape index (κ1) is 22.0. The van der Waals surface area contributed by atoms with Crippen LogP contribution in [-0.2, 0) is 11.3 Å². The van der Waals surface area contributed by atoms with Crippen molar-refractivity contribution in [2.45, 2.75) is 52.5 Å². The molecule has 0 saturated carbocycles. The molecule has 168 valence electrons. The topological polar surface area (TPSA) is 57.0 Å². The van der Waals surface area contributed by atoms with Crippen LogP contribution in [-0.4, -0.2) is 66.4 Å². The smallest absolute Gasteiger partial charge is 0.336 e. The van der Waals surface area contributed by atoms with E-state index in [9.17, 15) is 9.59 Å². The predicted molar refractivity (Wildman–Crippen MR) is 123 cm³/mol. The van der Waals surface area contributed by atoms with E-state index in [-0.39, 0.29) is 11.5 Å². The quantitative estimate of drug-likeness (QED) is 0.688. The first-order valence-electron chi connectivity index (χ1n) is 11.7. The Morgan fingerprint density at radius 3 is 2.32 bits per heavy atom. The van der Waals surface area contributed by atoms with Gasteiger partial charge in [0.05, 0.1) is 6.54 Å². The van der Waals surface area contributed by atoms with E-state index in [0.29, 0.717) is 18.0 Å². The van der Waals surface area contributed by atoms with Crippen molar-refractivity contribution in [1.82, 2.24) is 14.7 Å². The summed E-state index contributed by atoms with van der Waals surface area (Å²) in [4.78, 5) is 31.4. The molecule has 2 aromatic rings. The molecule has 3 heterocycles. The lowest BCUT2D eigenvalue weighted by molar-refractivity contribution is -0.133. The second-order valence-electron chi connectivity index (χ2n) is 9.44. The number of hydrogen-bond donors (Lipinski definition) is 0. The third kappa shape index (κ3) is 5.18. The zero-order chi connectivity index (χ0) is 22.0. The number of amides is 1. The summed E-state index contributed by atoms with van der Waals surface area (Å²) in [6, 6.07) is 5.84. The minimum atomic E-state index is -0.287. The largest absolute Gasteiger partial charge is 0.423 e. The summed E-state index contributed by atoms with van der Waals surface area (Å²) in [6.45, 7) is 13.1. The molecule has 1 aromatic carbocycles. The van der Waals surface area contributed by atoms with Gasteiger partial charge < -0.3 is 9.32 Å². The summed E-state index contributed by atoms with van der Waals surface area (Å²) in [7, 11) is 0. The van der Waals surface area contributed by atoms with Crippen LogP contribution in [0.15, 0.2) is 27.4 Å². The van der Waals surface area contributed by atoms with Gasteiger partial charge in [-0.05, 0) is 60.9 Å². The zero-order valence-corrected chi connectivity index (χ0v) is 19.2. The Balaban J connectivity index is 1.41. The standard InChI is InChI=1S/C25H35N3O3/c1-18(2)21-15-22-20(14-25(30)31-23(22)13-19(21)3)16-26-9-11-27(12-10-26)17-24(29)28-7-5-4-6-8-28/h13-15,18H,4-12,16-17H2,1-3H3. The van der Waals surface area contributed by atoms with Crippen LogP contribution < -0.4 is 5.63 Å². The van der Waals surface area contributed by atoms with Crippen molar-refractivity contribution in [3.8, 4) is 0 Å². The molecule has 6 heteroatoms. The van der Waals surface area contributed by atoms with E-state index in [2.05, 4.69) is 36.6 Å². The number of hydrogen-bond acceptors (Lipinski definition) is 5. The monoisotopic (exact) mass is 425 g/mol. The van der Waals surface area contributed by atoms with Gasteiger partial charge in [0.2, 0.25) is 5.91 Å². The van der Waals surface area contributed by atoms with Crippen LogP contribution in [0.3, 0.4) is 0 Å². The molecule has 0 radical (unpaired) electrons. The second kappa shape index (κ2) is 9.53. The molecular formula is C25H35N3O3. The van der Waals surface area contributed by atoms with E-state index in [1.165, 1.54) is 12.0 Å². The molecule has 1 aromatic heterocycles. The highest BCUT2D eigenvalue weighted by molar-refractivity contribution is 5.82. The molecule has 2 saturated heterocycles. The van der Waals surface area contributed by atoms with Crippen LogP contribution >= 0.6 is 0 Å². The van der Waals surface area contributed by atoms with Crippen molar-refractivity contribution in [3.05, 3.63) is 45.3 Å². The summed E-state index contributed by atoms with van der Waals surface area (Å²) < 4.78 is 5.50. The predicted octanol–water partition coefficient (Wildman–Crippen LogP) is 3.35. The number of carbonyl (C=O) groups excluding carboxylic acids is 1. The van der Waals surface area contributed by atoms with Gasteiger partial charge in [0, 0.05) is 57.3 Å². The van der Waals surface area contributed by atoms with E-state index < -0.39 is 0 Å². The fraction of sp³-hybridized carbons (Fsp3) is 0.600. The van der Waals surface area contributed by atoms with E-state index in [1.54, 1.807) is 6.07 Å². The highest BCUT2D eigenvalue weighted by Gasteiger charge is 2.23. The maximum atomic E-state index is 12.6. The Morgan fingerprint density at radius 2 is 1.65 bits per heavy atom. The van der Waals surface area contributed by atoms with E-state index >= 15 is 0 Å². The van der Waals surface area contributed by atoms with Gasteiger partial charge >= 0.3 is 5.63 Å². The fourth-order valence-corrected chi connectivity index (χ4v) is 4.93. The Morgan fingerprint density at radius 1 is 0.968 bits per heavy atom. The highest BCUT2D eigenvalue weighted by Crippen LogP contribution is 2.27. The van der Waals surface area contributed by atoms with Crippen molar-refractivity contribution in [2.75, 3.05) is 45.8 Å². The van der Waals surface area contributed by atoms with Gasteiger partial charge in [-0.15, -0.1) is 0 Å². The molecule has 4 rings (SSSR count). The van der Waals surface area contributed by atoms with Crippen LogP contribution in [0, 0.1) is 6.92 Å². The Kier molecular flexibility index (Phi) is 6.77. The molecular weight excluding hydrogens is 390 g/mol. The Labute approximate surface area is 184 Å². The molecule has 0 aliphatic carbocycles. The van der Waals surface area contributed by atoms with Gasteiger partial charge in [0.1, 0.15) is 5.58 Å². The van der Waals surface area contributed by atoms with Gasteiger partial charge in [-0.25, -0.2) is 4.79 Å².